The fourth-order valence-corrected chi connectivity index (χ4v) is 2.26. The van der Waals surface area contributed by atoms with Crippen molar-refractivity contribution in [2.45, 2.75) is 17.4 Å². The number of nitrogens with two attached hydrogens (primary N) is 2. The van der Waals surface area contributed by atoms with Gasteiger partial charge in [0.2, 0.25) is 10.0 Å². The van der Waals surface area contributed by atoms with Gasteiger partial charge in [-0.2, -0.15) is 0 Å². The molecule has 0 heterocycles. The quantitative estimate of drug-likeness (QED) is 0.653. The maximum atomic E-state index is 11.4. The number of rotatable bonds is 7. The Balaban J connectivity index is 2.89. The third kappa shape index (κ3) is 4.26. The van der Waals surface area contributed by atoms with Crippen LogP contribution in [0, 0.1) is 0 Å². The SMILES string of the molecule is COCCC(CN)Nc1ccccc1S(N)(=O)=O. The van der Waals surface area contributed by atoms with E-state index in [1.807, 2.05) is 0 Å². The highest BCUT2D eigenvalue weighted by atomic mass is 32.2. The number of benzene rings is 1. The zero-order valence-corrected chi connectivity index (χ0v) is 11.1. The lowest BCUT2D eigenvalue weighted by Gasteiger charge is -2.19. The van der Waals surface area contributed by atoms with Gasteiger partial charge in [-0.05, 0) is 18.6 Å². The van der Waals surface area contributed by atoms with Gasteiger partial charge in [-0.15, -0.1) is 0 Å². The van der Waals surface area contributed by atoms with Crippen molar-refractivity contribution in [2.24, 2.45) is 10.9 Å². The molecule has 5 N–H and O–H groups in total. The van der Waals surface area contributed by atoms with Crippen molar-refractivity contribution < 1.29 is 13.2 Å². The first-order valence-corrected chi connectivity index (χ1v) is 7.11. The molecule has 0 radical (unpaired) electrons. The number of methoxy groups -OCH3 is 1. The van der Waals surface area contributed by atoms with Crippen LogP contribution < -0.4 is 16.2 Å². The Hall–Kier alpha value is -1.15. The third-order valence-electron chi connectivity index (χ3n) is 2.51. The molecule has 0 aliphatic carbocycles. The van der Waals surface area contributed by atoms with E-state index in [9.17, 15) is 8.42 Å². The molecule has 102 valence electrons. The maximum absolute atomic E-state index is 11.4. The van der Waals surface area contributed by atoms with Crippen molar-refractivity contribution in [3.8, 4) is 0 Å². The van der Waals surface area contributed by atoms with Crippen molar-refractivity contribution in [3.63, 3.8) is 0 Å². The number of sulfonamides is 1. The number of hydrogen-bond acceptors (Lipinski definition) is 5. The number of anilines is 1. The molecule has 1 rings (SSSR count). The van der Waals surface area contributed by atoms with E-state index < -0.39 is 10.0 Å². The monoisotopic (exact) mass is 273 g/mol. The lowest BCUT2D eigenvalue weighted by atomic mass is 10.2. The van der Waals surface area contributed by atoms with Gasteiger partial charge in [0.05, 0.1) is 5.69 Å². The van der Waals surface area contributed by atoms with E-state index in [-0.39, 0.29) is 10.9 Å². The van der Waals surface area contributed by atoms with Crippen molar-refractivity contribution in [1.82, 2.24) is 0 Å². The fraction of sp³-hybridized carbons (Fsp3) is 0.455. The molecule has 0 aromatic heterocycles. The van der Waals surface area contributed by atoms with Crippen LogP contribution in [-0.4, -0.2) is 34.7 Å². The molecule has 1 unspecified atom stereocenters. The van der Waals surface area contributed by atoms with Crippen LogP contribution >= 0.6 is 0 Å². The first-order valence-electron chi connectivity index (χ1n) is 5.56. The molecule has 1 aromatic rings. The lowest BCUT2D eigenvalue weighted by molar-refractivity contribution is 0.190. The van der Waals surface area contributed by atoms with Gasteiger partial charge in [0, 0.05) is 26.3 Å². The van der Waals surface area contributed by atoms with E-state index in [1.54, 1.807) is 25.3 Å². The molecule has 1 atom stereocenters. The largest absolute Gasteiger partial charge is 0.385 e. The molecule has 18 heavy (non-hydrogen) atoms. The molecule has 0 aliphatic heterocycles. The second-order valence-corrected chi connectivity index (χ2v) is 5.43. The minimum absolute atomic E-state index is 0.0622. The Morgan fingerprint density at radius 2 is 2.06 bits per heavy atom. The summed E-state index contributed by atoms with van der Waals surface area (Å²) >= 11 is 0. The summed E-state index contributed by atoms with van der Waals surface area (Å²) in [6, 6.07) is 6.42. The normalized spacial score (nSPS) is 13.3. The Kier molecular flexibility index (Phi) is 5.54. The Labute approximate surface area is 107 Å². The Morgan fingerprint density at radius 1 is 1.39 bits per heavy atom. The minimum atomic E-state index is -3.74. The maximum Gasteiger partial charge on any atom is 0.240 e. The molecular weight excluding hydrogens is 254 g/mol. The standard InChI is InChI=1S/C11H19N3O3S/c1-17-7-6-9(8-12)14-10-4-2-3-5-11(10)18(13,15)16/h2-5,9,14H,6-8,12H2,1H3,(H2,13,15,16). The zero-order valence-electron chi connectivity index (χ0n) is 10.3. The van der Waals surface area contributed by atoms with Gasteiger partial charge >= 0.3 is 0 Å². The average Bonchev–Trinajstić information content (AvgIpc) is 2.33. The molecule has 0 bridgehead atoms. The van der Waals surface area contributed by atoms with Gasteiger partial charge in [0.1, 0.15) is 4.90 Å². The van der Waals surface area contributed by atoms with E-state index in [2.05, 4.69) is 5.32 Å². The molecular formula is C11H19N3O3S. The molecule has 0 saturated heterocycles. The summed E-state index contributed by atoms with van der Waals surface area (Å²) in [7, 11) is -2.14. The summed E-state index contributed by atoms with van der Waals surface area (Å²) in [5.74, 6) is 0. The van der Waals surface area contributed by atoms with Gasteiger partial charge < -0.3 is 15.8 Å². The van der Waals surface area contributed by atoms with Crippen LogP contribution in [-0.2, 0) is 14.8 Å². The molecule has 1 aromatic carbocycles. The van der Waals surface area contributed by atoms with Crippen LogP contribution in [0.1, 0.15) is 6.42 Å². The van der Waals surface area contributed by atoms with E-state index in [0.717, 1.165) is 0 Å². The number of ether oxygens (including phenoxy) is 1. The molecule has 0 amide bonds. The first kappa shape index (κ1) is 14.9. The molecule has 0 saturated carbocycles. The predicted octanol–water partition coefficient (Wildman–Crippen LogP) is 0.110. The lowest BCUT2D eigenvalue weighted by Crippen LogP contribution is -2.31. The van der Waals surface area contributed by atoms with Gasteiger partial charge in [-0.3, -0.25) is 0 Å². The van der Waals surface area contributed by atoms with Crippen molar-refractivity contribution in [1.29, 1.82) is 0 Å². The molecule has 7 heteroatoms. The van der Waals surface area contributed by atoms with Crippen LogP contribution in [0.2, 0.25) is 0 Å². The number of hydrogen-bond donors (Lipinski definition) is 3. The Bertz CT molecular complexity index is 476. The molecule has 0 aliphatic rings. The fourth-order valence-electron chi connectivity index (χ4n) is 1.56. The highest BCUT2D eigenvalue weighted by molar-refractivity contribution is 7.89. The van der Waals surface area contributed by atoms with Crippen LogP contribution in [0.3, 0.4) is 0 Å². The summed E-state index contributed by atoms with van der Waals surface area (Å²) in [6.45, 7) is 0.925. The Morgan fingerprint density at radius 3 is 2.61 bits per heavy atom. The number of nitrogens with one attached hydrogen (secondary N) is 1. The molecule has 6 nitrogen and oxygen atoms in total. The van der Waals surface area contributed by atoms with Crippen LogP contribution in [0.15, 0.2) is 29.2 Å². The molecule has 0 spiro atoms. The van der Waals surface area contributed by atoms with Gasteiger partial charge in [-0.25, -0.2) is 13.6 Å². The van der Waals surface area contributed by atoms with Crippen molar-refractivity contribution >= 4 is 15.7 Å². The predicted molar refractivity (Wildman–Crippen MR) is 70.8 cm³/mol. The second kappa shape index (κ2) is 6.69. The van der Waals surface area contributed by atoms with Crippen molar-refractivity contribution in [3.05, 3.63) is 24.3 Å². The van der Waals surface area contributed by atoms with E-state index in [0.29, 0.717) is 25.3 Å². The number of para-hydroxylation sites is 1. The third-order valence-corrected chi connectivity index (χ3v) is 3.48. The zero-order chi connectivity index (χ0) is 13.6. The van der Waals surface area contributed by atoms with Crippen LogP contribution in [0.5, 0.6) is 0 Å². The minimum Gasteiger partial charge on any atom is -0.385 e. The van der Waals surface area contributed by atoms with Crippen LogP contribution in [0.25, 0.3) is 0 Å². The first-order chi connectivity index (χ1) is 8.49. The summed E-state index contributed by atoms with van der Waals surface area (Å²) in [5, 5.41) is 8.23. The van der Waals surface area contributed by atoms with Gasteiger partial charge in [-0.1, -0.05) is 12.1 Å². The summed E-state index contributed by atoms with van der Waals surface area (Å²) in [5.41, 5.74) is 6.09. The number of primary sulfonamides is 1. The van der Waals surface area contributed by atoms with Gasteiger partial charge in [0.25, 0.3) is 0 Å². The second-order valence-electron chi connectivity index (χ2n) is 3.90. The van der Waals surface area contributed by atoms with Crippen LogP contribution in [0.4, 0.5) is 5.69 Å². The van der Waals surface area contributed by atoms with E-state index in [1.165, 1.54) is 6.07 Å². The summed E-state index contributed by atoms with van der Waals surface area (Å²) in [4.78, 5) is 0.0702. The van der Waals surface area contributed by atoms with Gasteiger partial charge in [0.15, 0.2) is 0 Å². The summed E-state index contributed by atoms with van der Waals surface area (Å²) in [6.07, 6.45) is 0.686. The topological polar surface area (TPSA) is 107 Å². The smallest absolute Gasteiger partial charge is 0.240 e. The molecule has 0 fully saturated rings. The van der Waals surface area contributed by atoms with E-state index in [4.69, 9.17) is 15.6 Å². The highest BCUT2D eigenvalue weighted by Gasteiger charge is 2.15. The highest BCUT2D eigenvalue weighted by Crippen LogP contribution is 2.20. The average molecular weight is 273 g/mol. The summed E-state index contributed by atoms with van der Waals surface area (Å²) < 4.78 is 27.8. The van der Waals surface area contributed by atoms with E-state index >= 15 is 0 Å². The van der Waals surface area contributed by atoms with Crippen molar-refractivity contribution in [2.75, 3.05) is 25.6 Å².